The molecule has 0 radical (unpaired) electrons. The molecule has 6 nitrogen and oxygen atoms in total. The average Bonchev–Trinajstić information content (AvgIpc) is 3.31. The number of nitrogens with one attached hydrogen (secondary N) is 3. The summed E-state index contributed by atoms with van der Waals surface area (Å²) in [6.07, 6.45) is 5.21. The summed E-state index contributed by atoms with van der Waals surface area (Å²) < 4.78 is 0. The Morgan fingerprint density at radius 2 is 1.87 bits per heavy atom. The highest BCUT2D eigenvalue weighted by Crippen LogP contribution is 2.16. The molecule has 0 aliphatic carbocycles. The van der Waals surface area contributed by atoms with E-state index in [1.807, 2.05) is 47.1 Å². The second-order valence-corrected chi connectivity index (χ2v) is 8.42. The number of aromatic amines is 1. The minimum Gasteiger partial charge on any atom is -0.348 e. The molecule has 1 heterocycles. The number of thioether (sulfide) groups is 1. The van der Waals surface area contributed by atoms with Gasteiger partial charge in [-0.2, -0.15) is 11.8 Å². The summed E-state index contributed by atoms with van der Waals surface area (Å²) in [7, 11) is 0. The molecule has 1 amide bonds. The Hall–Kier alpha value is -3.06. The highest BCUT2D eigenvalue weighted by Gasteiger charge is 2.19. The molecule has 0 saturated heterocycles. The third-order valence-electron chi connectivity index (χ3n) is 4.96. The molecule has 0 aliphatic rings. The smallest absolute Gasteiger partial charge is 0.257 e. The van der Waals surface area contributed by atoms with Gasteiger partial charge in [0, 0.05) is 41.5 Å². The number of imidazole rings is 1. The third kappa shape index (κ3) is 7.29. The zero-order valence-electron chi connectivity index (χ0n) is 17.8. The number of H-pyrrole nitrogens is 1. The van der Waals surface area contributed by atoms with Gasteiger partial charge in [-0.25, -0.2) is 4.98 Å². The molecule has 7 heteroatoms. The van der Waals surface area contributed by atoms with Crippen molar-refractivity contribution >= 4 is 23.6 Å². The average molecular weight is 436 g/mol. The largest absolute Gasteiger partial charge is 0.348 e. The van der Waals surface area contributed by atoms with Crippen LogP contribution in [-0.2, 0) is 12.2 Å². The number of benzene rings is 2. The van der Waals surface area contributed by atoms with Gasteiger partial charge in [-0.15, -0.1) is 0 Å². The number of amides is 1. The van der Waals surface area contributed by atoms with E-state index in [4.69, 9.17) is 5.41 Å². The predicted octanol–water partition coefficient (Wildman–Crippen LogP) is 4.33. The molecular weight excluding hydrogens is 406 g/mol. The first kappa shape index (κ1) is 22.6. The van der Waals surface area contributed by atoms with Crippen molar-refractivity contribution in [2.24, 2.45) is 0 Å². The van der Waals surface area contributed by atoms with Crippen molar-refractivity contribution in [2.45, 2.75) is 31.6 Å². The Bertz CT molecular complexity index is 931. The lowest BCUT2D eigenvalue weighted by molar-refractivity contribution is 0.0970. The SMILES string of the molecule is CC(CSCc1ccccc1)N(CCCc1cnc[nH]1)C(=N)NC(=O)c1ccccc1. The molecule has 0 spiro atoms. The molecule has 3 aromatic rings. The van der Waals surface area contributed by atoms with Crippen LogP contribution in [0.25, 0.3) is 0 Å². The van der Waals surface area contributed by atoms with E-state index in [9.17, 15) is 4.79 Å². The minimum absolute atomic E-state index is 0.110. The maximum atomic E-state index is 12.5. The van der Waals surface area contributed by atoms with E-state index in [0.717, 1.165) is 30.0 Å². The van der Waals surface area contributed by atoms with Crippen LogP contribution in [0, 0.1) is 5.41 Å². The Labute approximate surface area is 188 Å². The van der Waals surface area contributed by atoms with Gasteiger partial charge in [-0.3, -0.25) is 15.5 Å². The summed E-state index contributed by atoms with van der Waals surface area (Å²) in [5.74, 6) is 1.68. The summed E-state index contributed by atoms with van der Waals surface area (Å²) in [4.78, 5) is 21.7. The first-order valence-electron chi connectivity index (χ1n) is 10.4. The topological polar surface area (TPSA) is 84.9 Å². The van der Waals surface area contributed by atoms with Crippen molar-refractivity contribution in [1.82, 2.24) is 20.2 Å². The van der Waals surface area contributed by atoms with Crippen LogP contribution in [0.15, 0.2) is 73.2 Å². The Morgan fingerprint density at radius 3 is 2.55 bits per heavy atom. The number of hydrogen-bond donors (Lipinski definition) is 3. The summed E-state index contributed by atoms with van der Waals surface area (Å²) >= 11 is 1.84. The van der Waals surface area contributed by atoms with Crippen LogP contribution in [-0.4, -0.2) is 45.1 Å². The summed E-state index contributed by atoms with van der Waals surface area (Å²) in [5.41, 5.74) is 2.92. The van der Waals surface area contributed by atoms with Gasteiger partial charge in [-0.05, 0) is 37.5 Å². The number of carbonyl (C=O) groups excluding carboxylic acids is 1. The minimum atomic E-state index is -0.256. The van der Waals surface area contributed by atoms with Crippen molar-refractivity contribution in [2.75, 3.05) is 12.3 Å². The van der Waals surface area contributed by atoms with E-state index < -0.39 is 0 Å². The zero-order valence-corrected chi connectivity index (χ0v) is 18.6. The Balaban J connectivity index is 1.58. The molecule has 0 saturated carbocycles. The molecule has 31 heavy (non-hydrogen) atoms. The van der Waals surface area contributed by atoms with E-state index in [1.54, 1.807) is 18.5 Å². The first-order chi connectivity index (χ1) is 15.1. The summed E-state index contributed by atoms with van der Waals surface area (Å²) in [5, 5.41) is 11.3. The fraction of sp³-hybridized carbons (Fsp3) is 0.292. The number of carbonyl (C=O) groups is 1. The van der Waals surface area contributed by atoms with Gasteiger partial charge >= 0.3 is 0 Å². The van der Waals surface area contributed by atoms with Gasteiger partial charge < -0.3 is 9.88 Å². The van der Waals surface area contributed by atoms with Crippen LogP contribution in [0.1, 0.15) is 35.0 Å². The molecular formula is C24H29N5OS. The number of nitrogens with zero attached hydrogens (tertiary/aromatic N) is 2. The van der Waals surface area contributed by atoms with Crippen LogP contribution in [0.5, 0.6) is 0 Å². The molecule has 0 bridgehead atoms. The van der Waals surface area contributed by atoms with Gasteiger partial charge in [0.1, 0.15) is 0 Å². The number of aromatic nitrogens is 2. The van der Waals surface area contributed by atoms with Gasteiger partial charge in [0.25, 0.3) is 5.91 Å². The Morgan fingerprint density at radius 1 is 1.16 bits per heavy atom. The fourth-order valence-corrected chi connectivity index (χ4v) is 4.33. The van der Waals surface area contributed by atoms with Crippen molar-refractivity contribution in [3.05, 3.63) is 90.0 Å². The second kappa shape index (κ2) is 12.0. The molecule has 1 aromatic heterocycles. The molecule has 3 rings (SSSR count). The van der Waals surface area contributed by atoms with Gasteiger partial charge in [0.2, 0.25) is 0 Å². The highest BCUT2D eigenvalue weighted by atomic mass is 32.2. The summed E-state index contributed by atoms with van der Waals surface area (Å²) in [6, 6.07) is 19.5. The van der Waals surface area contributed by atoms with E-state index in [2.05, 4.69) is 46.5 Å². The van der Waals surface area contributed by atoms with Crippen molar-refractivity contribution in [3.63, 3.8) is 0 Å². The number of rotatable bonds is 10. The third-order valence-corrected chi connectivity index (χ3v) is 6.21. The lowest BCUT2D eigenvalue weighted by atomic mass is 10.2. The standard InChI is InChI=1S/C24H29N5OS/c1-19(16-31-17-20-9-4-2-5-10-20)29(14-8-13-22-15-26-18-27-22)24(25)28-23(30)21-11-6-3-7-12-21/h2-7,9-12,15,18-19H,8,13-14,16-17H2,1H3,(H,26,27)(H2,25,28,30). The molecule has 0 aliphatic heterocycles. The van der Waals surface area contributed by atoms with E-state index in [0.29, 0.717) is 12.1 Å². The molecule has 1 atom stereocenters. The van der Waals surface area contributed by atoms with E-state index >= 15 is 0 Å². The second-order valence-electron chi connectivity index (χ2n) is 7.39. The fourth-order valence-electron chi connectivity index (χ4n) is 3.27. The van der Waals surface area contributed by atoms with Crippen LogP contribution in [0.3, 0.4) is 0 Å². The quantitative estimate of drug-likeness (QED) is 0.327. The van der Waals surface area contributed by atoms with Crippen molar-refractivity contribution in [1.29, 1.82) is 5.41 Å². The molecule has 1 unspecified atom stereocenters. The van der Waals surface area contributed by atoms with Crippen LogP contribution in [0.4, 0.5) is 0 Å². The monoisotopic (exact) mass is 435 g/mol. The van der Waals surface area contributed by atoms with Gasteiger partial charge in [-0.1, -0.05) is 48.5 Å². The Kier molecular flexibility index (Phi) is 8.72. The van der Waals surface area contributed by atoms with E-state index in [-0.39, 0.29) is 17.9 Å². The van der Waals surface area contributed by atoms with Crippen molar-refractivity contribution < 1.29 is 4.79 Å². The van der Waals surface area contributed by atoms with Crippen LogP contribution in [0.2, 0.25) is 0 Å². The maximum absolute atomic E-state index is 12.5. The van der Waals surface area contributed by atoms with Crippen LogP contribution < -0.4 is 5.32 Å². The predicted molar refractivity (Wildman–Crippen MR) is 127 cm³/mol. The molecule has 162 valence electrons. The molecule has 3 N–H and O–H groups in total. The number of aryl methyl sites for hydroxylation is 1. The molecule has 2 aromatic carbocycles. The lowest BCUT2D eigenvalue weighted by Crippen LogP contribution is -2.49. The summed E-state index contributed by atoms with van der Waals surface area (Å²) in [6.45, 7) is 2.79. The van der Waals surface area contributed by atoms with Crippen LogP contribution >= 0.6 is 11.8 Å². The number of hydrogen-bond acceptors (Lipinski definition) is 4. The van der Waals surface area contributed by atoms with E-state index in [1.165, 1.54) is 5.56 Å². The first-order valence-corrected chi connectivity index (χ1v) is 11.6. The lowest BCUT2D eigenvalue weighted by Gasteiger charge is -2.31. The van der Waals surface area contributed by atoms with Gasteiger partial charge in [0.05, 0.1) is 6.33 Å². The highest BCUT2D eigenvalue weighted by molar-refractivity contribution is 7.98. The normalized spacial score (nSPS) is 11.6. The molecule has 0 fully saturated rings. The van der Waals surface area contributed by atoms with Gasteiger partial charge in [0.15, 0.2) is 5.96 Å². The maximum Gasteiger partial charge on any atom is 0.257 e. The number of guanidine groups is 1. The van der Waals surface area contributed by atoms with Crippen molar-refractivity contribution in [3.8, 4) is 0 Å². The zero-order chi connectivity index (χ0) is 21.9.